The molecule has 1 atom stereocenters. The fourth-order valence-corrected chi connectivity index (χ4v) is 2.21. The number of benzene rings is 1. The molecule has 0 unspecified atom stereocenters. The van der Waals surface area contributed by atoms with Gasteiger partial charge in [-0.2, -0.15) is 0 Å². The fourth-order valence-electron chi connectivity index (χ4n) is 2.21. The second-order valence-electron chi connectivity index (χ2n) is 4.50. The van der Waals surface area contributed by atoms with E-state index in [2.05, 4.69) is 0 Å². The number of Topliss-reactive ketones (excluding diaryl/α,β-unsaturated/α-hetero) is 1. The van der Waals surface area contributed by atoms with Crippen molar-refractivity contribution in [3.05, 3.63) is 35.9 Å². The van der Waals surface area contributed by atoms with Gasteiger partial charge in [-0.15, -0.1) is 0 Å². The average Bonchev–Trinajstić information content (AvgIpc) is 2.86. The van der Waals surface area contributed by atoms with E-state index in [0.717, 1.165) is 18.4 Å². The number of rotatable bonds is 3. The van der Waals surface area contributed by atoms with Gasteiger partial charge in [0.2, 0.25) is 0 Å². The van der Waals surface area contributed by atoms with Gasteiger partial charge in [0, 0.05) is 6.54 Å². The number of carbonyl (C=O) groups excluding carboxylic acids is 2. The van der Waals surface area contributed by atoms with Crippen LogP contribution in [0.5, 0.6) is 0 Å². The van der Waals surface area contributed by atoms with E-state index in [-0.39, 0.29) is 18.4 Å². The number of ketones is 1. The van der Waals surface area contributed by atoms with Gasteiger partial charge >= 0.3 is 6.09 Å². The number of amides is 1. The summed E-state index contributed by atoms with van der Waals surface area (Å²) in [6, 6.07) is 9.22. The molecule has 1 aromatic rings. The molecule has 1 saturated heterocycles. The Labute approximate surface area is 107 Å². The molecule has 4 nitrogen and oxygen atoms in total. The van der Waals surface area contributed by atoms with Crippen molar-refractivity contribution in [2.75, 3.05) is 6.54 Å². The van der Waals surface area contributed by atoms with Gasteiger partial charge in [0.1, 0.15) is 6.61 Å². The maximum atomic E-state index is 11.9. The van der Waals surface area contributed by atoms with Gasteiger partial charge in [-0.3, -0.25) is 9.69 Å². The molecule has 4 heteroatoms. The van der Waals surface area contributed by atoms with Gasteiger partial charge in [-0.1, -0.05) is 30.3 Å². The minimum atomic E-state index is -0.392. The Morgan fingerprint density at radius 1 is 1.33 bits per heavy atom. The number of nitrogens with zero attached hydrogens (tertiary/aromatic N) is 1. The average molecular weight is 247 g/mol. The molecule has 0 radical (unpaired) electrons. The van der Waals surface area contributed by atoms with E-state index in [9.17, 15) is 9.59 Å². The highest BCUT2D eigenvalue weighted by atomic mass is 16.6. The summed E-state index contributed by atoms with van der Waals surface area (Å²) in [5.74, 6) is 0.0316. The number of ether oxygens (including phenoxy) is 1. The summed E-state index contributed by atoms with van der Waals surface area (Å²) in [4.78, 5) is 24.8. The zero-order valence-corrected chi connectivity index (χ0v) is 10.5. The lowest BCUT2D eigenvalue weighted by Gasteiger charge is -2.21. The first-order valence-electron chi connectivity index (χ1n) is 6.16. The Morgan fingerprint density at radius 3 is 2.72 bits per heavy atom. The quantitative estimate of drug-likeness (QED) is 0.823. The summed E-state index contributed by atoms with van der Waals surface area (Å²) in [6.45, 7) is 2.38. The van der Waals surface area contributed by atoms with Crippen molar-refractivity contribution in [2.45, 2.75) is 32.4 Å². The summed E-state index contributed by atoms with van der Waals surface area (Å²) in [5, 5.41) is 0. The predicted octanol–water partition coefficient (Wildman–Crippen LogP) is 2.38. The van der Waals surface area contributed by atoms with Gasteiger partial charge in [0.15, 0.2) is 5.78 Å². The summed E-state index contributed by atoms with van der Waals surface area (Å²) in [5.41, 5.74) is 0.949. The molecule has 0 N–H and O–H groups in total. The van der Waals surface area contributed by atoms with Crippen molar-refractivity contribution < 1.29 is 14.3 Å². The Hall–Kier alpha value is -1.84. The zero-order valence-electron chi connectivity index (χ0n) is 10.5. The maximum absolute atomic E-state index is 11.9. The lowest BCUT2D eigenvalue weighted by atomic mass is 10.1. The molecule has 1 aliphatic heterocycles. The van der Waals surface area contributed by atoms with Crippen LogP contribution in [-0.2, 0) is 16.1 Å². The van der Waals surface area contributed by atoms with Crippen LogP contribution in [0.4, 0.5) is 4.79 Å². The highest BCUT2D eigenvalue weighted by Crippen LogP contribution is 2.19. The Bertz CT molecular complexity index is 430. The highest BCUT2D eigenvalue weighted by molar-refractivity contribution is 5.85. The van der Waals surface area contributed by atoms with E-state index < -0.39 is 6.09 Å². The summed E-state index contributed by atoms with van der Waals surface area (Å²) in [7, 11) is 0. The Morgan fingerprint density at radius 2 is 2.06 bits per heavy atom. The Kier molecular flexibility index (Phi) is 3.97. The minimum Gasteiger partial charge on any atom is -0.445 e. The zero-order chi connectivity index (χ0) is 13.0. The fraction of sp³-hybridized carbons (Fsp3) is 0.429. The molecule has 0 aliphatic carbocycles. The molecule has 96 valence electrons. The molecule has 1 aliphatic rings. The summed E-state index contributed by atoms with van der Waals surface area (Å²) < 4.78 is 5.23. The van der Waals surface area contributed by atoms with Crippen LogP contribution in [0.3, 0.4) is 0 Å². The second kappa shape index (κ2) is 5.67. The molecule has 1 fully saturated rings. The minimum absolute atomic E-state index is 0.0316. The summed E-state index contributed by atoms with van der Waals surface area (Å²) in [6.07, 6.45) is 1.22. The van der Waals surface area contributed by atoms with Crippen LogP contribution in [0, 0.1) is 0 Å². The van der Waals surface area contributed by atoms with Crippen molar-refractivity contribution in [3.63, 3.8) is 0 Å². The molecule has 0 saturated carbocycles. The molecule has 1 heterocycles. The monoisotopic (exact) mass is 247 g/mol. The normalized spacial score (nSPS) is 18.7. The second-order valence-corrected chi connectivity index (χ2v) is 4.50. The van der Waals surface area contributed by atoms with E-state index in [4.69, 9.17) is 4.74 Å². The largest absolute Gasteiger partial charge is 0.445 e. The lowest BCUT2D eigenvalue weighted by Crippen LogP contribution is -2.39. The van der Waals surface area contributed by atoms with Crippen molar-refractivity contribution in [3.8, 4) is 0 Å². The third-order valence-electron chi connectivity index (χ3n) is 3.16. The summed E-state index contributed by atoms with van der Waals surface area (Å²) >= 11 is 0. The van der Waals surface area contributed by atoms with Gasteiger partial charge < -0.3 is 4.74 Å². The number of hydrogen-bond acceptors (Lipinski definition) is 3. The SMILES string of the molecule is CC(=O)[C@H]1CCCN1C(=O)OCc1ccccc1. The predicted molar refractivity (Wildman–Crippen MR) is 67.0 cm³/mol. The van der Waals surface area contributed by atoms with Crippen LogP contribution in [0.1, 0.15) is 25.3 Å². The molecule has 0 bridgehead atoms. The van der Waals surface area contributed by atoms with Gasteiger partial charge in [-0.05, 0) is 25.3 Å². The van der Waals surface area contributed by atoms with Gasteiger partial charge in [0.25, 0.3) is 0 Å². The van der Waals surface area contributed by atoms with Crippen molar-refractivity contribution >= 4 is 11.9 Å². The van der Waals surface area contributed by atoms with Crippen LogP contribution in [0.2, 0.25) is 0 Å². The van der Waals surface area contributed by atoms with E-state index in [1.165, 1.54) is 11.8 Å². The van der Waals surface area contributed by atoms with Crippen LogP contribution in [0.25, 0.3) is 0 Å². The third-order valence-corrected chi connectivity index (χ3v) is 3.16. The number of hydrogen-bond donors (Lipinski definition) is 0. The van der Waals surface area contributed by atoms with Crippen LogP contribution in [-0.4, -0.2) is 29.4 Å². The molecule has 1 aromatic carbocycles. The van der Waals surface area contributed by atoms with E-state index in [0.29, 0.717) is 6.54 Å². The number of likely N-dealkylation sites (tertiary alicyclic amines) is 1. The van der Waals surface area contributed by atoms with Gasteiger partial charge in [-0.25, -0.2) is 4.79 Å². The maximum Gasteiger partial charge on any atom is 0.410 e. The van der Waals surface area contributed by atoms with Crippen LogP contribution >= 0.6 is 0 Å². The molecule has 1 amide bonds. The molecule has 0 aromatic heterocycles. The first-order chi connectivity index (χ1) is 8.68. The lowest BCUT2D eigenvalue weighted by molar-refractivity contribution is -0.120. The molecule has 18 heavy (non-hydrogen) atoms. The van der Waals surface area contributed by atoms with Crippen molar-refractivity contribution in [1.82, 2.24) is 4.90 Å². The van der Waals surface area contributed by atoms with Crippen molar-refractivity contribution in [2.24, 2.45) is 0 Å². The molecular weight excluding hydrogens is 230 g/mol. The van der Waals surface area contributed by atoms with E-state index in [1.54, 1.807) is 0 Å². The van der Waals surface area contributed by atoms with Gasteiger partial charge in [0.05, 0.1) is 6.04 Å². The smallest absolute Gasteiger partial charge is 0.410 e. The third kappa shape index (κ3) is 2.88. The van der Waals surface area contributed by atoms with E-state index in [1.807, 2.05) is 30.3 Å². The van der Waals surface area contributed by atoms with E-state index >= 15 is 0 Å². The molecule has 2 rings (SSSR count). The van der Waals surface area contributed by atoms with Crippen molar-refractivity contribution in [1.29, 1.82) is 0 Å². The first kappa shape index (κ1) is 12.6. The van der Waals surface area contributed by atoms with Crippen LogP contribution < -0.4 is 0 Å². The standard InChI is InChI=1S/C14H17NO3/c1-11(16)13-8-5-9-15(13)14(17)18-10-12-6-3-2-4-7-12/h2-4,6-7,13H,5,8-10H2,1H3/t13-/m1/s1. The first-order valence-corrected chi connectivity index (χ1v) is 6.16. The topological polar surface area (TPSA) is 46.6 Å². The number of carbonyl (C=O) groups is 2. The van der Waals surface area contributed by atoms with Crippen LogP contribution in [0.15, 0.2) is 30.3 Å². The Balaban J connectivity index is 1.90. The molecule has 0 spiro atoms. The molecular formula is C14H17NO3. The highest BCUT2D eigenvalue weighted by Gasteiger charge is 2.32.